The summed E-state index contributed by atoms with van der Waals surface area (Å²) in [6.45, 7) is 4.87. The molecular weight excluding hydrogens is 308 g/mol. The van der Waals surface area contributed by atoms with Gasteiger partial charge in [-0.05, 0) is 36.1 Å². The molecule has 23 heavy (non-hydrogen) atoms. The molecule has 0 N–H and O–H groups in total. The van der Waals surface area contributed by atoms with E-state index in [1.54, 1.807) is 7.11 Å². The summed E-state index contributed by atoms with van der Waals surface area (Å²) in [4.78, 5) is -0.383. The fourth-order valence-electron chi connectivity index (χ4n) is 2.79. The van der Waals surface area contributed by atoms with Crippen molar-refractivity contribution in [1.29, 1.82) is 0 Å². The van der Waals surface area contributed by atoms with Crippen molar-refractivity contribution in [3.05, 3.63) is 59.7 Å². The fourth-order valence-corrected chi connectivity index (χ4v) is 3.05. The van der Waals surface area contributed by atoms with Crippen LogP contribution in [0.3, 0.4) is 0 Å². The molecule has 1 unspecified atom stereocenters. The van der Waals surface area contributed by atoms with Crippen LogP contribution in [0.2, 0.25) is 0 Å². The molecule has 0 saturated carbocycles. The van der Waals surface area contributed by atoms with Gasteiger partial charge in [0.25, 0.3) is 0 Å². The molecule has 0 aliphatic rings. The number of methoxy groups -OCH3 is 1. The lowest BCUT2D eigenvalue weighted by Crippen LogP contribution is -2.22. The van der Waals surface area contributed by atoms with Gasteiger partial charge in [0.2, 0.25) is 0 Å². The van der Waals surface area contributed by atoms with Gasteiger partial charge in [0.05, 0.1) is 18.6 Å². The first-order valence-corrected chi connectivity index (χ1v) is 8.55. The summed E-state index contributed by atoms with van der Waals surface area (Å²) in [6.07, 6.45) is 2.62. The molecule has 2 rings (SSSR count). The first-order valence-electron chi connectivity index (χ1n) is 8.17. The molecule has 0 saturated heterocycles. The standard InChI is InChI=1S/C20H25ClO2/c1-4-16-9-6-7-12-19(16)20(21,5-2)13-14-23-18-11-8-10-17(15-18)22-3/h6-12,15H,4-5,13-14H2,1-3H3. The van der Waals surface area contributed by atoms with E-state index in [0.29, 0.717) is 6.61 Å². The molecule has 0 aliphatic carbocycles. The Kier molecular flexibility index (Phi) is 6.35. The second kappa shape index (κ2) is 8.26. The highest BCUT2D eigenvalue weighted by Crippen LogP contribution is 2.38. The minimum Gasteiger partial charge on any atom is -0.497 e. The SMILES string of the molecule is CCc1ccccc1C(Cl)(CC)CCOc1cccc(OC)c1. The number of benzene rings is 2. The third kappa shape index (κ3) is 4.42. The van der Waals surface area contributed by atoms with Crippen LogP contribution in [0.25, 0.3) is 0 Å². The minimum absolute atomic E-state index is 0.383. The van der Waals surface area contributed by atoms with Gasteiger partial charge < -0.3 is 9.47 Å². The summed E-state index contributed by atoms with van der Waals surface area (Å²) >= 11 is 6.95. The molecule has 124 valence electrons. The van der Waals surface area contributed by atoms with E-state index in [-0.39, 0.29) is 4.87 Å². The maximum Gasteiger partial charge on any atom is 0.122 e. The summed E-state index contributed by atoms with van der Waals surface area (Å²) in [5, 5.41) is 0. The molecule has 1 atom stereocenters. The van der Waals surface area contributed by atoms with Gasteiger partial charge in [-0.3, -0.25) is 0 Å². The number of hydrogen-bond acceptors (Lipinski definition) is 2. The number of ether oxygens (including phenoxy) is 2. The lowest BCUT2D eigenvalue weighted by molar-refractivity contribution is 0.283. The van der Waals surface area contributed by atoms with Crippen LogP contribution >= 0.6 is 11.6 Å². The Labute approximate surface area is 144 Å². The van der Waals surface area contributed by atoms with Gasteiger partial charge in [-0.25, -0.2) is 0 Å². The van der Waals surface area contributed by atoms with Gasteiger partial charge in [-0.2, -0.15) is 0 Å². The van der Waals surface area contributed by atoms with Crippen LogP contribution < -0.4 is 9.47 Å². The second-order valence-electron chi connectivity index (χ2n) is 5.61. The van der Waals surface area contributed by atoms with E-state index in [1.807, 2.05) is 24.3 Å². The Hall–Kier alpha value is -1.67. The van der Waals surface area contributed by atoms with E-state index in [4.69, 9.17) is 21.1 Å². The molecule has 0 bridgehead atoms. The van der Waals surface area contributed by atoms with Gasteiger partial charge >= 0.3 is 0 Å². The third-order valence-electron chi connectivity index (χ3n) is 4.25. The van der Waals surface area contributed by atoms with Crippen molar-refractivity contribution in [1.82, 2.24) is 0 Å². The largest absolute Gasteiger partial charge is 0.497 e. The minimum atomic E-state index is -0.383. The molecule has 0 aromatic heterocycles. The van der Waals surface area contributed by atoms with Gasteiger partial charge in [-0.1, -0.05) is 44.2 Å². The van der Waals surface area contributed by atoms with Crippen LogP contribution in [-0.2, 0) is 11.3 Å². The highest BCUT2D eigenvalue weighted by molar-refractivity contribution is 6.24. The molecule has 0 aliphatic heterocycles. The smallest absolute Gasteiger partial charge is 0.122 e. The lowest BCUT2D eigenvalue weighted by atomic mass is 9.88. The Morgan fingerprint density at radius 1 is 1.00 bits per heavy atom. The van der Waals surface area contributed by atoms with E-state index in [1.165, 1.54) is 11.1 Å². The van der Waals surface area contributed by atoms with Gasteiger partial charge in [0.1, 0.15) is 11.5 Å². The van der Waals surface area contributed by atoms with Gasteiger partial charge in [-0.15, -0.1) is 11.6 Å². The van der Waals surface area contributed by atoms with Crippen LogP contribution in [0, 0.1) is 0 Å². The second-order valence-corrected chi connectivity index (χ2v) is 6.33. The van der Waals surface area contributed by atoms with Crippen molar-refractivity contribution < 1.29 is 9.47 Å². The third-order valence-corrected chi connectivity index (χ3v) is 4.91. The summed E-state index contributed by atoms with van der Waals surface area (Å²) in [5.74, 6) is 1.61. The molecule has 0 heterocycles. The van der Waals surface area contributed by atoms with Crippen LogP contribution in [0.5, 0.6) is 11.5 Å². The van der Waals surface area contributed by atoms with Crippen LogP contribution in [-0.4, -0.2) is 13.7 Å². The van der Waals surface area contributed by atoms with E-state index in [0.717, 1.165) is 30.8 Å². The normalized spacial score (nSPS) is 13.4. The molecule has 2 aromatic rings. The lowest BCUT2D eigenvalue weighted by Gasteiger charge is -2.28. The Balaban J connectivity index is 2.06. The first kappa shape index (κ1) is 17.7. The Morgan fingerprint density at radius 2 is 1.74 bits per heavy atom. The zero-order valence-electron chi connectivity index (χ0n) is 14.1. The number of aryl methyl sites for hydroxylation is 1. The summed E-state index contributed by atoms with van der Waals surface area (Å²) in [6, 6.07) is 16.1. The van der Waals surface area contributed by atoms with Crippen LogP contribution in [0.1, 0.15) is 37.8 Å². The molecule has 2 aromatic carbocycles. The zero-order valence-corrected chi connectivity index (χ0v) is 14.9. The molecule has 0 fully saturated rings. The quantitative estimate of drug-likeness (QED) is 0.588. The number of rotatable bonds is 8. The Morgan fingerprint density at radius 3 is 2.43 bits per heavy atom. The van der Waals surface area contributed by atoms with E-state index in [9.17, 15) is 0 Å². The van der Waals surface area contributed by atoms with E-state index in [2.05, 4.69) is 38.1 Å². The average molecular weight is 333 g/mol. The highest BCUT2D eigenvalue weighted by atomic mass is 35.5. The molecule has 0 amide bonds. The fraction of sp³-hybridized carbons (Fsp3) is 0.400. The van der Waals surface area contributed by atoms with Crippen molar-refractivity contribution in [2.45, 2.75) is 38.0 Å². The predicted octanol–water partition coefficient (Wildman–Crippen LogP) is 5.57. The number of hydrogen-bond donors (Lipinski definition) is 0. The number of alkyl halides is 1. The summed E-state index contributed by atoms with van der Waals surface area (Å²) in [5.41, 5.74) is 2.53. The zero-order chi connectivity index (χ0) is 16.7. The van der Waals surface area contributed by atoms with Gasteiger partial charge in [0, 0.05) is 12.5 Å². The van der Waals surface area contributed by atoms with Crippen molar-refractivity contribution in [3.63, 3.8) is 0 Å². The van der Waals surface area contributed by atoms with E-state index < -0.39 is 0 Å². The molecule has 0 radical (unpaired) electrons. The maximum atomic E-state index is 6.95. The maximum absolute atomic E-state index is 6.95. The topological polar surface area (TPSA) is 18.5 Å². The van der Waals surface area contributed by atoms with Crippen molar-refractivity contribution in [2.75, 3.05) is 13.7 Å². The summed E-state index contributed by atoms with van der Waals surface area (Å²) < 4.78 is 11.1. The Bertz CT molecular complexity index is 627. The molecular formula is C20H25ClO2. The average Bonchev–Trinajstić information content (AvgIpc) is 2.61. The van der Waals surface area contributed by atoms with E-state index >= 15 is 0 Å². The van der Waals surface area contributed by atoms with Crippen molar-refractivity contribution in [3.8, 4) is 11.5 Å². The van der Waals surface area contributed by atoms with Crippen molar-refractivity contribution >= 4 is 11.6 Å². The molecule has 3 heteroatoms. The van der Waals surface area contributed by atoms with Gasteiger partial charge in [0.15, 0.2) is 0 Å². The monoisotopic (exact) mass is 332 g/mol. The highest BCUT2D eigenvalue weighted by Gasteiger charge is 2.29. The van der Waals surface area contributed by atoms with Crippen LogP contribution in [0.4, 0.5) is 0 Å². The number of halogens is 1. The first-order chi connectivity index (χ1) is 11.1. The summed E-state index contributed by atoms with van der Waals surface area (Å²) in [7, 11) is 1.65. The van der Waals surface area contributed by atoms with Crippen molar-refractivity contribution in [2.24, 2.45) is 0 Å². The predicted molar refractivity (Wildman–Crippen MR) is 96.7 cm³/mol. The molecule has 2 nitrogen and oxygen atoms in total. The molecule has 0 spiro atoms. The van der Waals surface area contributed by atoms with Crippen LogP contribution in [0.15, 0.2) is 48.5 Å².